The van der Waals surface area contributed by atoms with Crippen LogP contribution in [0.5, 0.6) is 11.6 Å². The number of halogens is 5. The lowest BCUT2D eigenvalue weighted by Gasteiger charge is -2.31. The number of rotatable bonds is 9. The Morgan fingerprint density at radius 1 is 1.07 bits per heavy atom. The standard InChI is InChI=1S/C29H27ClF4N4O4/c1-37-22-11-18(28(39)40-2)12-23(42-29(33)34)27(22)35-24(37)14-38-9-7-16(8-10-38)26-20(31)5-6-25(36-26)41-15-17-3-4-19(30)13-21(17)32/h3-6,11-13,16,29H,7-10,14-15H2,1-2H3. The van der Waals surface area contributed by atoms with Crippen LogP contribution in [-0.4, -0.2) is 52.2 Å². The average Bonchev–Trinajstić information content (AvgIpc) is 3.28. The van der Waals surface area contributed by atoms with Gasteiger partial charge in [-0.2, -0.15) is 8.78 Å². The summed E-state index contributed by atoms with van der Waals surface area (Å²) in [5.41, 5.74) is 1.30. The summed E-state index contributed by atoms with van der Waals surface area (Å²) in [6.07, 6.45) is 1.21. The first-order chi connectivity index (χ1) is 20.1. The molecule has 0 amide bonds. The van der Waals surface area contributed by atoms with E-state index in [9.17, 15) is 22.4 Å². The number of hydrogen-bond donors (Lipinski definition) is 0. The fourth-order valence-electron chi connectivity index (χ4n) is 5.03. The van der Waals surface area contributed by atoms with E-state index in [4.69, 9.17) is 21.1 Å². The third kappa shape index (κ3) is 6.44. The number of methoxy groups -OCH3 is 1. The molecule has 0 saturated carbocycles. The van der Waals surface area contributed by atoms with Crippen molar-refractivity contribution in [1.82, 2.24) is 19.4 Å². The lowest BCUT2D eigenvalue weighted by Crippen LogP contribution is -2.33. The maximum absolute atomic E-state index is 14.8. The van der Waals surface area contributed by atoms with E-state index in [0.717, 1.165) is 0 Å². The van der Waals surface area contributed by atoms with Crippen LogP contribution in [0.25, 0.3) is 11.0 Å². The lowest BCUT2D eigenvalue weighted by atomic mass is 9.92. The number of esters is 1. The van der Waals surface area contributed by atoms with Crippen molar-refractivity contribution < 1.29 is 36.6 Å². The number of imidazole rings is 1. The Hall–Kier alpha value is -3.90. The highest BCUT2D eigenvalue weighted by Crippen LogP contribution is 2.33. The van der Waals surface area contributed by atoms with E-state index in [1.54, 1.807) is 17.7 Å². The Labute approximate surface area is 243 Å². The molecular formula is C29H27ClF4N4O4. The molecule has 4 aromatic rings. The molecule has 5 rings (SSSR count). The summed E-state index contributed by atoms with van der Waals surface area (Å²) in [7, 11) is 2.93. The second-order valence-electron chi connectivity index (χ2n) is 9.89. The molecule has 2 aromatic carbocycles. The first-order valence-corrected chi connectivity index (χ1v) is 13.5. The topological polar surface area (TPSA) is 78.7 Å². The van der Waals surface area contributed by atoms with Gasteiger partial charge < -0.3 is 18.8 Å². The molecule has 0 unspecified atom stereocenters. The molecule has 0 N–H and O–H groups in total. The summed E-state index contributed by atoms with van der Waals surface area (Å²) in [6, 6.07) is 9.69. The van der Waals surface area contributed by atoms with Gasteiger partial charge in [-0.15, -0.1) is 0 Å². The normalized spacial score (nSPS) is 14.5. The third-order valence-electron chi connectivity index (χ3n) is 7.26. The number of carbonyl (C=O) groups is 1. The monoisotopic (exact) mass is 606 g/mol. The number of ether oxygens (including phenoxy) is 3. The number of carbonyl (C=O) groups excluding carboxylic acids is 1. The van der Waals surface area contributed by atoms with Crippen LogP contribution < -0.4 is 9.47 Å². The van der Waals surface area contributed by atoms with Gasteiger partial charge in [0.25, 0.3) is 0 Å². The zero-order valence-electron chi connectivity index (χ0n) is 22.8. The molecule has 0 aliphatic carbocycles. The lowest BCUT2D eigenvalue weighted by molar-refractivity contribution is -0.0489. The molecule has 0 spiro atoms. The van der Waals surface area contributed by atoms with E-state index in [0.29, 0.717) is 49.4 Å². The van der Waals surface area contributed by atoms with Crippen LogP contribution in [0.1, 0.15) is 46.2 Å². The van der Waals surface area contributed by atoms with Crippen LogP contribution in [0.15, 0.2) is 42.5 Å². The molecule has 1 fully saturated rings. The van der Waals surface area contributed by atoms with Gasteiger partial charge in [-0.25, -0.2) is 23.5 Å². The summed E-state index contributed by atoms with van der Waals surface area (Å²) in [4.78, 5) is 23.1. The summed E-state index contributed by atoms with van der Waals surface area (Å²) in [5, 5.41) is 0.277. The number of nitrogens with zero attached hydrogens (tertiary/aromatic N) is 4. The zero-order chi connectivity index (χ0) is 30.0. The second-order valence-corrected chi connectivity index (χ2v) is 10.3. The van der Waals surface area contributed by atoms with E-state index in [1.807, 2.05) is 0 Å². The predicted octanol–water partition coefficient (Wildman–Crippen LogP) is 6.25. The minimum absolute atomic E-state index is 0.0649. The molecule has 0 bridgehead atoms. The fraction of sp³-hybridized carbons (Fsp3) is 0.345. The highest BCUT2D eigenvalue weighted by atomic mass is 35.5. The van der Waals surface area contributed by atoms with Crippen molar-refractivity contribution in [3.63, 3.8) is 0 Å². The number of likely N-dealkylation sites (tertiary alicyclic amines) is 1. The first-order valence-electron chi connectivity index (χ1n) is 13.1. The molecule has 8 nitrogen and oxygen atoms in total. The van der Waals surface area contributed by atoms with E-state index < -0.39 is 24.2 Å². The van der Waals surface area contributed by atoms with E-state index in [2.05, 4.69) is 19.6 Å². The van der Waals surface area contributed by atoms with Crippen molar-refractivity contribution in [3.05, 3.63) is 81.8 Å². The molecule has 1 aliphatic rings. The quantitative estimate of drug-likeness (QED) is 0.165. The largest absolute Gasteiger partial charge is 0.473 e. The van der Waals surface area contributed by atoms with Crippen molar-refractivity contribution in [2.24, 2.45) is 7.05 Å². The Kier molecular flexibility index (Phi) is 8.83. The molecule has 0 atom stereocenters. The number of alkyl halides is 2. The van der Waals surface area contributed by atoms with Gasteiger partial charge in [-0.3, -0.25) is 4.90 Å². The smallest absolute Gasteiger partial charge is 0.387 e. The fourth-order valence-corrected chi connectivity index (χ4v) is 5.19. The average molecular weight is 607 g/mol. The Morgan fingerprint density at radius 3 is 2.52 bits per heavy atom. The van der Waals surface area contributed by atoms with Gasteiger partial charge in [-0.1, -0.05) is 17.7 Å². The summed E-state index contributed by atoms with van der Waals surface area (Å²) < 4.78 is 71.8. The van der Waals surface area contributed by atoms with E-state index >= 15 is 0 Å². The number of hydrogen-bond acceptors (Lipinski definition) is 7. The Morgan fingerprint density at radius 2 is 1.83 bits per heavy atom. The van der Waals surface area contributed by atoms with Crippen LogP contribution in [0.4, 0.5) is 17.6 Å². The van der Waals surface area contributed by atoms with Gasteiger partial charge in [0.15, 0.2) is 5.75 Å². The van der Waals surface area contributed by atoms with Crippen molar-refractivity contribution in [3.8, 4) is 11.6 Å². The van der Waals surface area contributed by atoms with E-state index in [-0.39, 0.29) is 46.0 Å². The molecule has 3 heterocycles. The molecule has 0 radical (unpaired) electrons. The first kappa shape index (κ1) is 29.6. The number of piperidine rings is 1. The predicted molar refractivity (Wildman–Crippen MR) is 146 cm³/mol. The van der Waals surface area contributed by atoms with Gasteiger partial charge in [0.2, 0.25) is 5.88 Å². The van der Waals surface area contributed by atoms with Crippen LogP contribution in [0.3, 0.4) is 0 Å². The zero-order valence-corrected chi connectivity index (χ0v) is 23.5. The number of aryl methyl sites for hydroxylation is 1. The van der Waals surface area contributed by atoms with Crippen LogP contribution in [-0.2, 0) is 24.9 Å². The molecular weight excluding hydrogens is 580 g/mol. The highest BCUT2D eigenvalue weighted by Gasteiger charge is 2.27. The number of benzene rings is 2. The minimum atomic E-state index is -3.10. The second kappa shape index (κ2) is 12.5. The summed E-state index contributed by atoms with van der Waals surface area (Å²) >= 11 is 5.80. The molecule has 222 valence electrons. The minimum Gasteiger partial charge on any atom is -0.473 e. The molecule has 42 heavy (non-hydrogen) atoms. The SMILES string of the molecule is COC(=O)c1cc(OC(F)F)c2nc(CN3CCC(c4nc(OCc5ccc(Cl)cc5F)ccc4F)CC3)n(C)c2c1. The Bertz CT molecular complexity index is 1610. The third-order valence-corrected chi connectivity index (χ3v) is 7.49. The van der Waals surface area contributed by atoms with Crippen molar-refractivity contribution in [2.75, 3.05) is 20.2 Å². The molecule has 1 saturated heterocycles. The van der Waals surface area contributed by atoms with Crippen LogP contribution >= 0.6 is 11.6 Å². The van der Waals surface area contributed by atoms with Crippen molar-refractivity contribution in [2.45, 2.75) is 38.5 Å². The number of aromatic nitrogens is 3. The number of pyridine rings is 1. The van der Waals surface area contributed by atoms with Gasteiger partial charge in [-0.05, 0) is 56.3 Å². The van der Waals surface area contributed by atoms with Gasteiger partial charge in [0.05, 0.1) is 30.4 Å². The van der Waals surface area contributed by atoms with Gasteiger partial charge in [0.1, 0.15) is 29.6 Å². The summed E-state index contributed by atoms with van der Waals surface area (Å²) in [6.45, 7) is -1.58. The Balaban J connectivity index is 1.27. The van der Waals surface area contributed by atoms with Gasteiger partial charge in [0, 0.05) is 29.6 Å². The molecule has 1 aliphatic heterocycles. The molecule has 13 heteroatoms. The van der Waals surface area contributed by atoms with E-state index in [1.165, 1.54) is 43.5 Å². The maximum Gasteiger partial charge on any atom is 0.387 e. The summed E-state index contributed by atoms with van der Waals surface area (Å²) in [5.74, 6) is -1.23. The number of fused-ring (bicyclic) bond motifs is 1. The van der Waals surface area contributed by atoms with Crippen LogP contribution in [0.2, 0.25) is 5.02 Å². The highest BCUT2D eigenvalue weighted by molar-refractivity contribution is 6.30. The van der Waals surface area contributed by atoms with Gasteiger partial charge >= 0.3 is 12.6 Å². The van der Waals surface area contributed by atoms with Crippen molar-refractivity contribution in [1.29, 1.82) is 0 Å². The van der Waals surface area contributed by atoms with Crippen molar-refractivity contribution >= 4 is 28.6 Å². The maximum atomic E-state index is 14.8. The van der Waals surface area contributed by atoms with Crippen LogP contribution in [0, 0.1) is 11.6 Å². The molecule has 2 aromatic heterocycles.